The molecular formula is C12H17BrN4O2. The number of halogens is 1. The molecule has 1 saturated heterocycles. The zero-order valence-corrected chi connectivity index (χ0v) is 12.3. The van der Waals surface area contributed by atoms with Crippen molar-refractivity contribution in [2.24, 2.45) is 5.84 Å². The van der Waals surface area contributed by atoms with Gasteiger partial charge < -0.3 is 15.1 Å². The van der Waals surface area contributed by atoms with Gasteiger partial charge in [-0.3, -0.25) is 4.79 Å². The maximum Gasteiger partial charge on any atom is 0.257 e. The highest BCUT2D eigenvalue weighted by Gasteiger charge is 2.23. The fraction of sp³-hybridized carbons (Fsp3) is 0.500. The Bertz CT molecular complexity index is 469. The first-order chi connectivity index (χ1) is 9.11. The number of amides is 1. The van der Waals surface area contributed by atoms with Crippen LogP contribution < -0.4 is 11.3 Å². The first-order valence-corrected chi connectivity index (χ1v) is 6.94. The first kappa shape index (κ1) is 14.2. The van der Waals surface area contributed by atoms with E-state index >= 15 is 0 Å². The van der Waals surface area contributed by atoms with Gasteiger partial charge in [0.2, 0.25) is 0 Å². The minimum Gasteiger partial charge on any atom is -0.377 e. The van der Waals surface area contributed by atoms with Gasteiger partial charge in [-0.25, -0.2) is 10.8 Å². The lowest BCUT2D eigenvalue weighted by Crippen LogP contribution is -2.36. The number of aromatic nitrogens is 1. The summed E-state index contributed by atoms with van der Waals surface area (Å²) in [6.07, 6.45) is 2.48. The van der Waals surface area contributed by atoms with Gasteiger partial charge in [-0.15, -0.1) is 0 Å². The number of carbonyl (C=O) groups excluding carboxylic acids is 1. The van der Waals surface area contributed by atoms with Gasteiger partial charge >= 0.3 is 0 Å². The van der Waals surface area contributed by atoms with Crippen LogP contribution in [0.3, 0.4) is 0 Å². The van der Waals surface area contributed by atoms with Gasteiger partial charge in [0.15, 0.2) is 5.82 Å². The summed E-state index contributed by atoms with van der Waals surface area (Å²) in [5.74, 6) is 5.70. The van der Waals surface area contributed by atoms with E-state index in [4.69, 9.17) is 10.6 Å². The highest BCUT2D eigenvalue weighted by molar-refractivity contribution is 9.10. The molecule has 7 heteroatoms. The molecule has 1 aromatic heterocycles. The third kappa shape index (κ3) is 3.43. The van der Waals surface area contributed by atoms with E-state index in [1.807, 2.05) is 6.92 Å². The number of anilines is 1. The summed E-state index contributed by atoms with van der Waals surface area (Å²) in [6, 6.07) is 1.72. The molecule has 1 aromatic rings. The third-order valence-electron chi connectivity index (χ3n) is 2.96. The van der Waals surface area contributed by atoms with Crippen LogP contribution >= 0.6 is 15.9 Å². The topological polar surface area (TPSA) is 80.5 Å². The fourth-order valence-electron chi connectivity index (χ4n) is 2.07. The van der Waals surface area contributed by atoms with E-state index in [2.05, 4.69) is 26.3 Å². The maximum absolute atomic E-state index is 12.5. The number of hydrogen-bond donors (Lipinski definition) is 2. The van der Waals surface area contributed by atoms with Crippen molar-refractivity contribution >= 4 is 27.7 Å². The second-order valence-corrected chi connectivity index (χ2v) is 5.40. The van der Waals surface area contributed by atoms with E-state index in [-0.39, 0.29) is 12.0 Å². The predicted octanol–water partition coefficient (Wildman–Crippen LogP) is 1.38. The Kier molecular flexibility index (Phi) is 4.73. The van der Waals surface area contributed by atoms with Crippen LogP contribution in [-0.4, -0.2) is 41.6 Å². The minimum absolute atomic E-state index is 0.0425. The van der Waals surface area contributed by atoms with Crippen molar-refractivity contribution in [3.05, 3.63) is 22.3 Å². The maximum atomic E-state index is 12.5. The van der Waals surface area contributed by atoms with Crippen molar-refractivity contribution in [2.45, 2.75) is 19.4 Å². The first-order valence-electron chi connectivity index (χ1n) is 6.15. The third-order valence-corrected chi connectivity index (χ3v) is 3.39. The number of carbonyl (C=O) groups is 1. The Hall–Kier alpha value is -1.18. The highest BCUT2D eigenvalue weighted by Crippen LogP contribution is 2.20. The molecule has 2 heterocycles. The average Bonchev–Trinajstić information content (AvgIpc) is 2.62. The summed E-state index contributed by atoms with van der Waals surface area (Å²) >= 11 is 3.32. The van der Waals surface area contributed by atoms with Crippen molar-refractivity contribution in [3.63, 3.8) is 0 Å². The number of hydrogen-bond acceptors (Lipinski definition) is 5. The molecule has 1 aliphatic rings. The molecule has 3 N–H and O–H groups in total. The fourth-order valence-corrected chi connectivity index (χ4v) is 2.40. The second-order valence-electron chi connectivity index (χ2n) is 4.48. The lowest BCUT2D eigenvalue weighted by atomic mass is 10.2. The molecule has 2 rings (SSSR count). The van der Waals surface area contributed by atoms with Crippen LogP contribution in [-0.2, 0) is 4.74 Å². The molecule has 0 radical (unpaired) electrons. The summed E-state index contributed by atoms with van der Waals surface area (Å²) in [6.45, 7) is 3.91. The van der Waals surface area contributed by atoms with E-state index in [0.29, 0.717) is 31.1 Å². The van der Waals surface area contributed by atoms with Crippen LogP contribution in [0.4, 0.5) is 5.82 Å². The molecule has 1 fully saturated rings. The van der Waals surface area contributed by atoms with Crippen molar-refractivity contribution < 1.29 is 9.53 Å². The van der Waals surface area contributed by atoms with Gasteiger partial charge in [0.25, 0.3) is 5.91 Å². The highest BCUT2D eigenvalue weighted by atomic mass is 79.9. The summed E-state index contributed by atoms with van der Waals surface area (Å²) in [5.41, 5.74) is 2.92. The molecule has 0 saturated carbocycles. The lowest BCUT2D eigenvalue weighted by molar-refractivity contribution is 0.0563. The van der Waals surface area contributed by atoms with Crippen molar-refractivity contribution in [2.75, 3.05) is 25.1 Å². The Morgan fingerprint density at radius 2 is 2.47 bits per heavy atom. The van der Waals surface area contributed by atoms with E-state index in [1.165, 1.54) is 0 Å². The van der Waals surface area contributed by atoms with Crippen LogP contribution in [0, 0.1) is 0 Å². The molecule has 1 atom stereocenters. The van der Waals surface area contributed by atoms with Crippen LogP contribution in [0.15, 0.2) is 16.7 Å². The number of hydrazine groups is 1. The van der Waals surface area contributed by atoms with Crippen molar-refractivity contribution in [1.29, 1.82) is 0 Å². The molecule has 6 nitrogen and oxygen atoms in total. The summed E-state index contributed by atoms with van der Waals surface area (Å²) in [7, 11) is 0. The van der Waals surface area contributed by atoms with Crippen LogP contribution in [0.25, 0.3) is 0 Å². The predicted molar refractivity (Wildman–Crippen MR) is 75.7 cm³/mol. The zero-order chi connectivity index (χ0) is 13.8. The number of pyridine rings is 1. The van der Waals surface area contributed by atoms with Crippen LogP contribution in [0.2, 0.25) is 0 Å². The normalized spacial score (nSPS) is 19.9. The van der Waals surface area contributed by atoms with E-state index in [0.717, 1.165) is 10.9 Å². The molecule has 104 valence electrons. The largest absolute Gasteiger partial charge is 0.377 e. The molecule has 19 heavy (non-hydrogen) atoms. The zero-order valence-electron chi connectivity index (χ0n) is 10.7. The molecule has 1 amide bonds. The minimum atomic E-state index is -0.0842. The van der Waals surface area contributed by atoms with E-state index in [1.54, 1.807) is 17.2 Å². The van der Waals surface area contributed by atoms with Gasteiger partial charge in [-0.05, 0) is 35.3 Å². The van der Waals surface area contributed by atoms with Gasteiger partial charge in [0, 0.05) is 30.4 Å². The van der Waals surface area contributed by atoms with E-state index < -0.39 is 0 Å². The number of nitrogens with one attached hydrogen (secondary N) is 1. The van der Waals surface area contributed by atoms with Crippen LogP contribution in [0.5, 0.6) is 0 Å². The quantitative estimate of drug-likeness (QED) is 0.633. The van der Waals surface area contributed by atoms with Crippen molar-refractivity contribution in [1.82, 2.24) is 9.88 Å². The smallest absolute Gasteiger partial charge is 0.257 e. The van der Waals surface area contributed by atoms with Gasteiger partial charge in [-0.2, -0.15) is 0 Å². The van der Waals surface area contributed by atoms with Gasteiger partial charge in [0.05, 0.1) is 11.7 Å². The molecule has 1 unspecified atom stereocenters. The van der Waals surface area contributed by atoms with Gasteiger partial charge in [0.1, 0.15) is 0 Å². The Morgan fingerprint density at radius 1 is 1.68 bits per heavy atom. The summed E-state index contributed by atoms with van der Waals surface area (Å²) < 4.78 is 6.28. The molecule has 0 aliphatic carbocycles. The summed E-state index contributed by atoms with van der Waals surface area (Å²) in [5, 5.41) is 0. The molecule has 0 bridgehead atoms. The Labute approximate surface area is 120 Å². The number of nitrogens with two attached hydrogens (primary N) is 1. The number of nitrogens with zero attached hydrogens (tertiary/aromatic N) is 2. The number of nitrogen functional groups attached to an aromatic ring is 1. The molecule has 0 spiro atoms. The summed E-state index contributed by atoms with van der Waals surface area (Å²) in [4.78, 5) is 18.4. The molecule has 1 aliphatic heterocycles. The number of ether oxygens (including phenoxy) is 1. The average molecular weight is 329 g/mol. The lowest BCUT2D eigenvalue weighted by Gasteiger charge is -2.23. The number of rotatable bonds is 2. The van der Waals surface area contributed by atoms with E-state index in [9.17, 15) is 4.79 Å². The SMILES string of the molecule is CC1CN(C(=O)c2cc(Br)cnc2NN)CCCO1. The standard InChI is InChI=1S/C12H17BrN4O2/c1-8-7-17(3-2-4-19-8)12(18)10-5-9(13)6-15-11(10)16-14/h5-6,8H,2-4,7,14H2,1H3,(H,15,16). The monoisotopic (exact) mass is 328 g/mol. The van der Waals surface area contributed by atoms with Crippen LogP contribution in [0.1, 0.15) is 23.7 Å². The second kappa shape index (κ2) is 6.31. The van der Waals surface area contributed by atoms with Crippen molar-refractivity contribution in [3.8, 4) is 0 Å². The Morgan fingerprint density at radius 3 is 3.21 bits per heavy atom. The van der Waals surface area contributed by atoms with Gasteiger partial charge in [-0.1, -0.05) is 0 Å². The molecular weight excluding hydrogens is 312 g/mol. The Balaban J connectivity index is 2.24. The molecule has 0 aromatic carbocycles.